The van der Waals surface area contributed by atoms with Crippen LogP contribution in [0.5, 0.6) is 0 Å². The number of nitrogens with two attached hydrogens (primary N) is 1. The summed E-state index contributed by atoms with van der Waals surface area (Å²) in [4.78, 5) is 33.6. The summed E-state index contributed by atoms with van der Waals surface area (Å²) in [6.07, 6.45) is -1.48. The molecule has 7 heteroatoms. The molecule has 0 spiro atoms. The Morgan fingerprint density at radius 2 is 1.95 bits per heavy atom. The summed E-state index contributed by atoms with van der Waals surface area (Å²) < 4.78 is 9.25. The zero-order valence-corrected chi connectivity index (χ0v) is 10.3. The van der Waals surface area contributed by atoms with Crippen LogP contribution < -0.4 is 10.8 Å². The van der Waals surface area contributed by atoms with E-state index in [9.17, 15) is 19.5 Å². The number of benzene rings is 1. The minimum Gasteiger partial charge on any atom is -0.545 e. The molecule has 2 N–H and O–H groups in total. The van der Waals surface area contributed by atoms with Crippen LogP contribution in [0.2, 0.25) is 0 Å². The van der Waals surface area contributed by atoms with Crippen LogP contribution in [0, 0.1) is 0 Å². The lowest BCUT2D eigenvalue weighted by Crippen LogP contribution is -2.28. The molecule has 7 nitrogen and oxygen atoms in total. The van der Waals surface area contributed by atoms with Crippen molar-refractivity contribution in [2.75, 3.05) is 12.8 Å². The third kappa shape index (κ3) is 3.44. The molecule has 0 bridgehead atoms. The predicted octanol–water partition coefficient (Wildman–Crippen LogP) is -0.590. The Balaban J connectivity index is 3.32. The zero-order valence-electron chi connectivity index (χ0n) is 10.3. The fourth-order valence-electron chi connectivity index (χ4n) is 1.49. The van der Waals surface area contributed by atoms with Crippen LogP contribution in [-0.2, 0) is 19.1 Å². The highest BCUT2D eigenvalue weighted by atomic mass is 16.6. The Morgan fingerprint density at radius 1 is 1.32 bits per heavy atom. The second-order valence-corrected chi connectivity index (χ2v) is 3.65. The highest BCUT2D eigenvalue weighted by Crippen LogP contribution is 2.25. The maximum atomic E-state index is 11.6. The largest absolute Gasteiger partial charge is 0.545 e. The number of ether oxygens (including phenoxy) is 2. The molecule has 0 aromatic heterocycles. The van der Waals surface area contributed by atoms with Gasteiger partial charge in [0.15, 0.2) is 0 Å². The van der Waals surface area contributed by atoms with Gasteiger partial charge in [0.05, 0.1) is 13.1 Å². The average Bonchev–Trinajstić information content (AvgIpc) is 2.35. The van der Waals surface area contributed by atoms with E-state index in [0.29, 0.717) is 0 Å². The molecule has 0 heterocycles. The van der Waals surface area contributed by atoms with E-state index in [1.54, 1.807) is 0 Å². The molecule has 1 aromatic carbocycles. The van der Waals surface area contributed by atoms with Gasteiger partial charge in [0.1, 0.15) is 0 Å². The fraction of sp³-hybridized carbons (Fsp3) is 0.250. The van der Waals surface area contributed by atoms with Crippen molar-refractivity contribution >= 4 is 23.6 Å². The molecule has 1 rings (SSSR count). The number of methoxy groups -OCH3 is 1. The number of carbonyl (C=O) groups is 3. The Hall–Kier alpha value is -2.57. The van der Waals surface area contributed by atoms with Gasteiger partial charge in [0, 0.05) is 23.7 Å². The molecular weight excluding hydrogens is 254 g/mol. The normalized spacial score (nSPS) is 11.5. The number of esters is 2. The topological polar surface area (TPSA) is 119 Å². The summed E-state index contributed by atoms with van der Waals surface area (Å²) in [7, 11) is 1.09. The highest BCUT2D eigenvalue weighted by molar-refractivity contribution is 5.92. The fourth-order valence-corrected chi connectivity index (χ4v) is 1.49. The first kappa shape index (κ1) is 14.5. The number of rotatable bonds is 4. The summed E-state index contributed by atoms with van der Waals surface area (Å²) >= 11 is 0. The van der Waals surface area contributed by atoms with Gasteiger partial charge in [0.2, 0.25) is 6.10 Å². The molecule has 0 saturated carbocycles. The van der Waals surface area contributed by atoms with Crippen molar-refractivity contribution in [3.05, 3.63) is 29.3 Å². The first-order chi connectivity index (χ1) is 8.86. The van der Waals surface area contributed by atoms with Crippen molar-refractivity contribution < 1.29 is 29.0 Å². The van der Waals surface area contributed by atoms with Crippen LogP contribution in [0.25, 0.3) is 0 Å². The Morgan fingerprint density at radius 3 is 2.42 bits per heavy atom. The Labute approximate surface area is 108 Å². The summed E-state index contributed by atoms with van der Waals surface area (Å²) in [5.74, 6) is -3.19. The Kier molecular flexibility index (Phi) is 4.46. The van der Waals surface area contributed by atoms with Gasteiger partial charge in [0.25, 0.3) is 0 Å². The van der Waals surface area contributed by atoms with Crippen molar-refractivity contribution in [3.63, 3.8) is 0 Å². The van der Waals surface area contributed by atoms with Crippen LogP contribution in [0.1, 0.15) is 28.9 Å². The van der Waals surface area contributed by atoms with Gasteiger partial charge in [-0.05, 0) is 12.1 Å². The van der Waals surface area contributed by atoms with Crippen LogP contribution >= 0.6 is 0 Å². The molecule has 0 radical (unpaired) electrons. The van der Waals surface area contributed by atoms with E-state index in [0.717, 1.165) is 20.1 Å². The number of carbonyl (C=O) groups excluding carboxylic acids is 3. The predicted molar refractivity (Wildman–Crippen MR) is 61.7 cm³/mol. The van der Waals surface area contributed by atoms with Crippen LogP contribution in [0.4, 0.5) is 5.69 Å². The lowest BCUT2D eigenvalue weighted by molar-refractivity contribution is -0.255. The molecule has 0 unspecified atom stereocenters. The monoisotopic (exact) mass is 266 g/mol. The molecule has 0 aliphatic carbocycles. The van der Waals surface area contributed by atoms with Crippen LogP contribution in [-0.4, -0.2) is 25.0 Å². The van der Waals surface area contributed by atoms with Gasteiger partial charge in [-0.3, -0.25) is 4.79 Å². The molecule has 0 aliphatic rings. The number of nitrogen functional groups attached to an aromatic ring is 1. The zero-order chi connectivity index (χ0) is 14.6. The van der Waals surface area contributed by atoms with E-state index in [1.165, 1.54) is 12.1 Å². The second-order valence-electron chi connectivity index (χ2n) is 3.65. The highest BCUT2D eigenvalue weighted by Gasteiger charge is 2.27. The average molecular weight is 266 g/mol. The quantitative estimate of drug-likeness (QED) is 0.571. The van der Waals surface area contributed by atoms with E-state index >= 15 is 0 Å². The lowest BCUT2D eigenvalue weighted by atomic mass is 10.0. The second kappa shape index (κ2) is 5.85. The molecule has 0 amide bonds. The number of hydrogen-bond acceptors (Lipinski definition) is 7. The third-order valence-corrected chi connectivity index (χ3v) is 2.28. The number of anilines is 1. The van der Waals surface area contributed by atoms with Gasteiger partial charge in [-0.1, -0.05) is 6.07 Å². The van der Waals surface area contributed by atoms with E-state index < -0.39 is 24.0 Å². The maximum Gasteiger partial charge on any atom is 0.351 e. The minimum atomic E-state index is -1.54. The summed E-state index contributed by atoms with van der Waals surface area (Å²) in [6.45, 7) is 1.09. The van der Waals surface area contributed by atoms with Crippen LogP contribution in [0.15, 0.2) is 18.2 Å². The van der Waals surface area contributed by atoms with Gasteiger partial charge < -0.3 is 25.1 Å². The van der Waals surface area contributed by atoms with Crippen LogP contribution in [0.3, 0.4) is 0 Å². The summed E-state index contributed by atoms with van der Waals surface area (Å²) in [5, 5.41) is 11.0. The van der Waals surface area contributed by atoms with Crippen molar-refractivity contribution in [2.45, 2.75) is 13.0 Å². The summed E-state index contributed by atoms with van der Waals surface area (Å²) in [6, 6.07) is 3.76. The van der Waals surface area contributed by atoms with Gasteiger partial charge in [-0.15, -0.1) is 0 Å². The SMILES string of the molecule is COC(=O)[C@H](OC(C)=O)c1ccc(N)cc1C(=O)[O-]. The minimum absolute atomic E-state index is 0.0590. The van der Waals surface area contributed by atoms with E-state index in [-0.39, 0.29) is 16.8 Å². The molecule has 1 atom stereocenters. The van der Waals surface area contributed by atoms with Crippen molar-refractivity contribution in [2.24, 2.45) is 0 Å². The molecule has 102 valence electrons. The molecule has 0 saturated heterocycles. The van der Waals surface area contributed by atoms with E-state index in [2.05, 4.69) is 4.74 Å². The summed E-state index contributed by atoms with van der Waals surface area (Å²) in [5.41, 5.74) is 5.24. The molecule has 0 fully saturated rings. The first-order valence-electron chi connectivity index (χ1n) is 5.22. The number of carboxylic acid groups (broad SMARTS) is 1. The number of aromatic carboxylic acids is 1. The maximum absolute atomic E-state index is 11.6. The van der Waals surface area contributed by atoms with E-state index in [1.807, 2.05) is 0 Å². The smallest absolute Gasteiger partial charge is 0.351 e. The van der Waals surface area contributed by atoms with Gasteiger partial charge in [-0.25, -0.2) is 4.79 Å². The van der Waals surface area contributed by atoms with Gasteiger partial charge in [-0.2, -0.15) is 0 Å². The standard InChI is InChI=1S/C12H13NO6/c1-6(14)19-10(12(17)18-2)8-4-3-7(13)5-9(8)11(15)16/h3-5,10H,13H2,1-2H3,(H,15,16)/p-1/t10-/m1/s1. The lowest BCUT2D eigenvalue weighted by Gasteiger charge is -2.19. The third-order valence-electron chi connectivity index (χ3n) is 2.28. The first-order valence-corrected chi connectivity index (χ1v) is 5.22. The molecular formula is C12H12NO6-. The molecule has 19 heavy (non-hydrogen) atoms. The number of hydrogen-bond donors (Lipinski definition) is 1. The van der Waals surface area contributed by atoms with Crippen molar-refractivity contribution in [1.82, 2.24) is 0 Å². The van der Waals surface area contributed by atoms with Gasteiger partial charge >= 0.3 is 11.9 Å². The Bertz CT molecular complexity index is 525. The van der Waals surface area contributed by atoms with Crippen molar-refractivity contribution in [3.8, 4) is 0 Å². The molecule has 1 aromatic rings. The van der Waals surface area contributed by atoms with Crippen molar-refractivity contribution in [1.29, 1.82) is 0 Å². The van der Waals surface area contributed by atoms with E-state index in [4.69, 9.17) is 10.5 Å². The number of carboxylic acids is 1. The molecule has 0 aliphatic heterocycles.